The van der Waals surface area contributed by atoms with Crippen molar-refractivity contribution >= 4 is 0 Å². The molecule has 0 aromatic heterocycles. The van der Waals surface area contributed by atoms with Gasteiger partial charge in [-0.1, -0.05) is 38.0 Å². The van der Waals surface area contributed by atoms with Crippen LogP contribution in [0.25, 0.3) is 0 Å². The highest BCUT2D eigenvalue weighted by atomic mass is 14.1. The van der Waals surface area contributed by atoms with Gasteiger partial charge in [0, 0.05) is 0 Å². The van der Waals surface area contributed by atoms with Gasteiger partial charge in [-0.2, -0.15) is 0 Å². The van der Waals surface area contributed by atoms with Crippen molar-refractivity contribution in [2.75, 3.05) is 0 Å². The molecule has 0 bridgehead atoms. The van der Waals surface area contributed by atoms with Crippen LogP contribution in [-0.4, -0.2) is 0 Å². The van der Waals surface area contributed by atoms with Crippen molar-refractivity contribution in [2.45, 2.75) is 33.6 Å². The molecular weight excluding hydrogens is 120 g/mol. The fraction of sp³-hybridized carbons (Fsp3) is 0.600. The van der Waals surface area contributed by atoms with E-state index in [1.165, 1.54) is 18.4 Å². The Hall–Kier alpha value is -0.520. The lowest BCUT2D eigenvalue weighted by Crippen LogP contribution is -1.93. The van der Waals surface area contributed by atoms with Gasteiger partial charge in [-0.05, 0) is 19.3 Å². The van der Waals surface area contributed by atoms with Crippen LogP contribution in [0.2, 0.25) is 0 Å². The Balaban J connectivity index is 3.94. The molecule has 0 spiro atoms. The molecule has 1 unspecified atom stereocenters. The van der Waals surface area contributed by atoms with Gasteiger partial charge in [0.05, 0.1) is 0 Å². The van der Waals surface area contributed by atoms with Gasteiger partial charge in [0.2, 0.25) is 0 Å². The maximum absolute atomic E-state index is 3.77. The topological polar surface area (TPSA) is 0 Å². The van der Waals surface area contributed by atoms with Crippen LogP contribution in [0, 0.1) is 5.92 Å². The molecule has 1 atom stereocenters. The maximum Gasteiger partial charge on any atom is -0.00545 e. The average molecular weight is 138 g/mol. The quantitative estimate of drug-likeness (QED) is 0.521. The minimum Gasteiger partial charge on any atom is -0.102 e. The second-order valence-electron chi connectivity index (χ2n) is 2.64. The largest absolute Gasteiger partial charge is 0.102 e. The summed E-state index contributed by atoms with van der Waals surface area (Å²) in [5.41, 5.74) is 1.51. The number of rotatable bonds is 4. The van der Waals surface area contributed by atoms with E-state index >= 15 is 0 Å². The summed E-state index contributed by atoms with van der Waals surface area (Å²) < 4.78 is 0. The highest BCUT2D eigenvalue weighted by Gasteiger charge is 2.00. The summed E-state index contributed by atoms with van der Waals surface area (Å²) in [7, 11) is 0. The first-order chi connectivity index (χ1) is 4.76. The third-order valence-corrected chi connectivity index (χ3v) is 1.85. The van der Waals surface area contributed by atoms with Crippen molar-refractivity contribution in [3.63, 3.8) is 0 Å². The van der Waals surface area contributed by atoms with E-state index in [2.05, 4.69) is 33.4 Å². The molecule has 0 saturated carbocycles. The van der Waals surface area contributed by atoms with E-state index in [0.29, 0.717) is 5.92 Å². The second kappa shape index (κ2) is 5.28. The van der Waals surface area contributed by atoms with Crippen molar-refractivity contribution < 1.29 is 0 Å². The fourth-order valence-corrected chi connectivity index (χ4v) is 1.07. The number of allylic oxidation sites excluding steroid dienone is 3. The molecule has 0 radical (unpaired) electrons. The van der Waals surface area contributed by atoms with Gasteiger partial charge in [0.1, 0.15) is 0 Å². The van der Waals surface area contributed by atoms with E-state index in [4.69, 9.17) is 0 Å². The van der Waals surface area contributed by atoms with Gasteiger partial charge < -0.3 is 0 Å². The number of hydrogen-bond acceptors (Lipinski definition) is 0. The smallest absolute Gasteiger partial charge is 0.00545 e. The molecule has 0 aliphatic carbocycles. The maximum atomic E-state index is 3.77. The van der Waals surface area contributed by atoms with E-state index in [9.17, 15) is 0 Å². The molecule has 58 valence electrons. The van der Waals surface area contributed by atoms with Crippen LogP contribution in [0.5, 0.6) is 0 Å². The molecule has 0 fully saturated rings. The summed E-state index contributed by atoms with van der Waals surface area (Å²) in [5, 5.41) is 0. The predicted octanol–water partition coefficient (Wildman–Crippen LogP) is 3.55. The first-order valence-electron chi connectivity index (χ1n) is 4.03. The predicted molar refractivity (Wildman–Crippen MR) is 48.0 cm³/mol. The lowest BCUT2D eigenvalue weighted by molar-refractivity contribution is 0.759. The monoisotopic (exact) mass is 138 g/mol. The van der Waals surface area contributed by atoms with Crippen LogP contribution in [0.3, 0.4) is 0 Å². The van der Waals surface area contributed by atoms with Crippen molar-refractivity contribution in [2.24, 2.45) is 5.92 Å². The van der Waals surface area contributed by atoms with Gasteiger partial charge in [0.25, 0.3) is 0 Å². The molecule has 0 heterocycles. The SMILES string of the molecule is C=CC(C)C(=CC)CCC. The van der Waals surface area contributed by atoms with Crippen LogP contribution < -0.4 is 0 Å². The zero-order chi connectivity index (χ0) is 7.98. The summed E-state index contributed by atoms with van der Waals surface area (Å²) in [4.78, 5) is 0. The molecule has 10 heavy (non-hydrogen) atoms. The first-order valence-corrected chi connectivity index (χ1v) is 4.03. The molecular formula is C10H18. The molecule has 0 aromatic carbocycles. The van der Waals surface area contributed by atoms with Crippen LogP contribution in [0.1, 0.15) is 33.6 Å². The van der Waals surface area contributed by atoms with Crippen LogP contribution in [-0.2, 0) is 0 Å². The van der Waals surface area contributed by atoms with Gasteiger partial charge >= 0.3 is 0 Å². The van der Waals surface area contributed by atoms with Crippen molar-refractivity contribution in [1.29, 1.82) is 0 Å². The molecule has 0 N–H and O–H groups in total. The molecule has 0 amide bonds. The minimum atomic E-state index is 0.560. The Kier molecular flexibility index (Phi) is 5.00. The Morgan fingerprint density at radius 1 is 1.60 bits per heavy atom. The highest BCUT2D eigenvalue weighted by molar-refractivity contribution is 5.09. The molecule has 0 nitrogen and oxygen atoms in total. The average Bonchev–Trinajstić information content (AvgIpc) is 1.99. The third-order valence-electron chi connectivity index (χ3n) is 1.85. The molecule has 0 heteroatoms. The summed E-state index contributed by atoms with van der Waals surface area (Å²) in [5.74, 6) is 0.560. The van der Waals surface area contributed by atoms with E-state index in [1.54, 1.807) is 0 Å². The summed E-state index contributed by atoms with van der Waals surface area (Å²) in [6.07, 6.45) is 6.66. The normalized spacial score (nSPS) is 14.9. The Labute approximate surface area is 64.6 Å². The lowest BCUT2D eigenvalue weighted by Gasteiger charge is -2.09. The molecule has 0 aliphatic heterocycles. The standard InChI is InChI=1S/C10H18/c1-5-8-10(7-3)9(4)6-2/h6-7,9H,2,5,8H2,1,3-4H3. The molecule has 0 aliphatic rings. The number of hydrogen-bond donors (Lipinski definition) is 0. The van der Waals surface area contributed by atoms with E-state index < -0.39 is 0 Å². The van der Waals surface area contributed by atoms with E-state index in [0.717, 1.165) is 0 Å². The Bertz CT molecular complexity index is 120. The molecule has 0 saturated heterocycles. The first kappa shape index (κ1) is 9.48. The van der Waals surface area contributed by atoms with Crippen molar-refractivity contribution in [3.8, 4) is 0 Å². The Morgan fingerprint density at radius 2 is 2.20 bits per heavy atom. The van der Waals surface area contributed by atoms with Gasteiger partial charge in [-0.15, -0.1) is 6.58 Å². The second-order valence-corrected chi connectivity index (χ2v) is 2.64. The van der Waals surface area contributed by atoms with Crippen LogP contribution >= 0.6 is 0 Å². The van der Waals surface area contributed by atoms with E-state index in [1.807, 2.05) is 6.08 Å². The molecule has 0 rings (SSSR count). The third kappa shape index (κ3) is 2.86. The van der Waals surface area contributed by atoms with Gasteiger partial charge in [0.15, 0.2) is 0 Å². The summed E-state index contributed by atoms with van der Waals surface area (Å²) in [6.45, 7) is 10.3. The van der Waals surface area contributed by atoms with Gasteiger partial charge in [-0.3, -0.25) is 0 Å². The lowest BCUT2D eigenvalue weighted by atomic mass is 9.97. The van der Waals surface area contributed by atoms with Gasteiger partial charge in [-0.25, -0.2) is 0 Å². The van der Waals surface area contributed by atoms with E-state index in [-0.39, 0.29) is 0 Å². The van der Waals surface area contributed by atoms with Crippen LogP contribution in [0.4, 0.5) is 0 Å². The minimum absolute atomic E-state index is 0.560. The zero-order valence-electron chi connectivity index (χ0n) is 7.35. The zero-order valence-corrected chi connectivity index (χ0v) is 7.35. The summed E-state index contributed by atoms with van der Waals surface area (Å²) in [6, 6.07) is 0. The van der Waals surface area contributed by atoms with Crippen molar-refractivity contribution in [3.05, 3.63) is 24.3 Å². The fourth-order valence-electron chi connectivity index (χ4n) is 1.07. The highest BCUT2D eigenvalue weighted by Crippen LogP contribution is 2.16. The van der Waals surface area contributed by atoms with Crippen LogP contribution in [0.15, 0.2) is 24.3 Å². The molecule has 0 aromatic rings. The Morgan fingerprint density at radius 3 is 2.50 bits per heavy atom. The van der Waals surface area contributed by atoms with Crippen molar-refractivity contribution in [1.82, 2.24) is 0 Å². The summed E-state index contributed by atoms with van der Waals surface area (Å²) >= 11 is 0.